The zero-order valence-electron chi connectivity index (χ0n) is 17.8. The Hall–Kier alpha value is -2.29. The van der Waals surface area contributed by atoms with Gasteiger partial charge in [-0.25, -0.2) is 4.98 Å². The van der Waals surface area contributed by atoms with Crippen molar-refractivity contribution in [3.63, 3.8) is 0 Å². The molecule has 7 heteroatoms. The molecule has 2 atom stereocenters. The molecule has 0 amide bonds. The topological polar surface area (TPSA) is 54.7 Å². The van der Waals surface area contributed by atoms with Crippen LogP contribution >= 0.6 is 24.0 Å². The second-order valence-corrected chi connectivity index (χ2v) is 7.74. The van der Waals surface area contributed by atoms with Crippen molar-refractivity contribution < 1.29 is 4.74 Å². The molecule has 0 radical (unpaired) electrons. The van der Waals surface area contributed by atoms with E-state index in [2.05, 4.69) is 68.2 Å². The van der Waals surface area contributed by atoms with Gasteiger partial charge in [0.05, 0.1) is 19.5 Å². The lowest BCUT2D eigenvalue weighted by atomic mass is 9.93. The summed E-state index contributed by atoms with van der Waals surface area (Å²) in [5.41, 5.74) is 1.24. The molecule has 2 heterocycles. The van der Waals surface area contributed by atoms with Crippen molar-refractivity contribution in [1.29, 1.82) is 0 Å². The minimum Gasteiger partial charge on any atom is -0.497 e. The third kappa shape index (κ3) is 4.88. The summed E-state index contributed by atoms with van der Waals surface area (Å²) in [6, 6.07) is 13.1. The van der Waals surface area contributed by atoms with E-state index in [-0.39, 0.29) is 24.0 Å². The summed E-state index contributed by atoms with van der Waals surface area (Å²) in [5.74, 6) is 2.46. The summed E-state index contributed by atoms with van der Waals surface area (Å²) in [6.45, 7) is 5.02. The molecule has 1 saturated heterocycles. The van der Waals surface area contributed by atoms with Crippen LogP contribution in [0.3, 0.4) is 0 Å². The molecule has 1 aliphatic heterocycles. The predicted octanol–water partition coefficient (Wildman–Crippen LogP) is 4.32. The van der Waals surface area contributed by atoms with E-state index in [1.165, 1.54) is 16.3 Å². The highest BCUT2D eigenvalue weighted by atomic mass is 127. The molecule has 1 aromatic heterocycles. The van der Waals surface area contributed by atoms with Gasteiger partial charge in [0.2, 0.25) is 0 Å². The molecule has 6 nitrogen and oxygen atoms in total. The maximum atomic E-state index is 5.32. The first kappa shape index (κ1) is 22.4. The Bertz CT molecular complexity index is 988. The van der Waals surface area contributed by atoms with Gasteiger partial charge in [-0.3, -0.25) is 4.99 Å². The van der Waals surface area contributed by atoms with Crippen molar-refractivity contribution in [3.8, 4) is 5.75 Å². The van der Waals surface area contributed by atoms with Gasteiger partial charge in [0.25, 0.3) is 0 Å². The summed E-state index contributed by atoms with van der Waals surface area (Å²) in [6.07, 6.45) is 6.98. The number of nitrogens with zero attached hydrogens (tertiary/aromatic N) is 4. The lowest BCUT2D eigenvalue weighted by Gasteiger charge is -2.39. The van der Waals surface area contributed by atoms with Crippen LogP contribution in [0.4, 0.5) is 0 Å². The maximum Gasteiger partial charge on any atom is 0.193 e. The van der Waals surface area contributed by atoms with Crippen LogP contribution in [0.25, 0.3) is 10.8 Å². The molecule has 0 aliphatic carbocycles. The number of likely N-dealkylation sites (tertiary alicyclic amines) is 1. The molecule has 1 aliphatic rings. The van der Waals surface area contributed by atoms with Crippen LogP contribution in [0.2, 0.25) is 0 Å². The predicted molar refractivity (Wildman–Crippen MR) is 133 cm³/mol. The van der Waals surface area contributed by atoms with Crippen LogP contribution in [0.15, 0.2) is 60.1 Å². The summed E-state index contributed by atoms with van der Waals surface area (Å²) < 4.78 is 7.54. The Morgan fingerprint density at radius 2 is 2.03 bits per heavy atom. The van der Waals surface area contributed by atoms with Gasteiger partial charge >= 0.3 is 0 Å². The van der Waals surface area contributed by atoms with Crippen LogP contribution in [0, 0.1) is 5.92 Å². The molecule has 4 rings (SSSR count). The van der Waals surface area contributed by atoms with Crippen LogP contribution in [-0.4, -0.2) is 47.7 Å². The normalized spacial score (nSPS) is 19.4. The van der Waals surface area contributed by atoms with Crippen LogP contribution in [-0.2, 0) is 6.54 Å². The Morgan fingerprint density at radius 1 is 1.23 bits per heavy atom. The van der Waals surface area contributed by atoms with Crippen molar-refractivity contribution in [2.24, 2.45) is 10.9 Å². The molecule has 2 aromatic carbocycles. The molecule has 1 N–H and O–H groups in total. The fourth-order valence-electron chi connectivity index (χ4n) is 4.12. The number of hydrogen-bond donors (Lipinski definition) is 1. The van der Waals surface area contributed by atoms with E-state index in [1.807, 2.05) is 25.6 Å². The number of methoxy groups -OCH3 is 1. The summed E-state index contributed by atoms with van der Waals surface area (Å²) in [5, 5.41) is 5.95. The number of aromatic nitrogens is 2. The van der Waals surface area contributed by atoms with Crippen LogP contribution < -0.4 is 10.1 Å². The molecular weight excluding hydrogens is 489 g/mol. The summed E-state index contributed by atoms with van der Waals surface area (Å²) in [7, 11) is 3.56. The van der Waals surface area contributed by atoms with Crippen LogP contribution in [0.5, 0.6) is 5.75 Å². The number of ether oxygens (including phenoxy) is 1. The fraction of sp³-hybridized carbons (Fsp3) is 0.391. The third-order valence-corrected chi connectivity index (χ3v) is 5.90. The number of rotatable bonds is 4. The largest absolute Gasteiger partial charge is 0.497 e. The fourth-order valence-corrected chi connectivity index (χ4v) is 4.12. The highest BCUT2D eigenvalue weighted by Crippen LogP contribution is 2.27. The average Bonchev–Trinajstić information content (AvgIpc) is 3.29. The zero-order valence-corrected chi connectivity index (χ0v) is 20.1. The molecule has 3 aromatic rings. The van der Waals surface area contributed by atoms with Crippen LogP contribution in [0.1, 0.15) is 24.9 Å². The van der Waals surface area contributed by atoms with E-state index < -0.39 is 0 Å². The van der Waals surface area contributed by atoms with Gasteiger partial charge in [-0.2, -0.15) is 0 Å². The SMILES string of the molecule is CN=C(NCc1ccc2cc(OC)ccc2c1)N1CCC(C)C(n2ccnc2)C1.I. The number of halogens is 1. The first-order chi connectivity index (χ1) is 14.2. The lowest BCUT2D eigenvalue weighted by molar-refractivity contribution is 0.189. The molecule has 2 unspecified atom stereocenters. The number of benzene rings is 2. The smallest absolute Gasteiger partial charge is 0.193 e. The van der Waals surface area contributed by atoms with E-state index in [4.69, 9.17) is 4.74 Å². The second kappa shape index (κ2) is 10.1. The Balaban J connectivity index is 0.00000256. The van der Waals surface area contributed by atoms with Crippen molar-refractivity contribution >= 4 is 40.7 Å². The van der Waals surface area contributed by atoms with E-state index in [9.17, 15) is 0 Å². The summed E-state index contributed by atoms with van der Waals surface area (Å²) >= 11 is 0. The zero-order chi connectivity index (χ0) is 20.2. The van der Waals surface area contributed by atoms with Crippen molar-refractivity contribution in [2.45, 2.75) is 25.9 Å². The monoisotopic (exact) mass is 519 g/mol. The highest BCUT2D eigenvalue weighted by molar-refractivity contribution is 14.0. The lowest BCUT2D eigenvalue weighted by Crippen LogP contribution is -2.48. The minimum absolute atomic E-state index is 0. The number of nitrogens with one attached hydrogen (secondary N) is 1. The number of aliphatic imine (C=N–C) groups is 1. The Morgan fingerprint density at radius 3 is 2.77 bits per heavy atom. The molecule has 160 valence electrons. The highest BCUT2D eigenvalue weighted by Gasteiger charge is 2.28. The molecule has 0 spiro atoms. The molecule has 0 saturated carbocycles. The molecule has 30 heavy (non-hydrogen) atoms. The number of piperidine rings is 1. The van der Waals surface area contributed by atoms with Gasteiger partial charge in [0.15, 0.2) is 5.96 Å². The number of hydrogen-bond acceptors (Lipinski definition) is 3. The number of fused-ring (bicyclic) bond motifs is 1. The van der Waals surface area contributed by atoms with E-state index in [1.54, 1.807) is 7.11 Å². The maximum absolute atomic E-state index is 5.32. The van der Waals surface area contributed by atoms with Crippen molar-refractivity contribution in [3.05, 3.63) is 60.7 Å². The number of imidazole rings is 1. The Kier molecular flexibility index (Phi) is 7.58. The minimum atomic E-state index is 0. The van der Waals surface area contributed by atoms with E-state index in [0.717, 1.165) is 37.8 Å². The first-order valence-electron chi connectivity index (χ1n) is 10.2. The Labute approximate surface area is 195 Å². The molecular formula is C23H30IN5O. The first-order valence-corrected chi connectivity index (χ1v) is 10.2. The molecule has 0 bridgehead atoms. The van der Waals surface area contributed by atoms with Crippen molar-refractivity contribution in [2.75, 3.05) is 27.2 Å². The number of guanidine groups is 1. The quantitative estimate of drug-likeness (QED) is 0.317. The standard InChI is InChI=1S/C23H29N5O.HI/c1-17-8-10-27(15-22(17)28-11-9-25-16-28)23(24-2)26-14-18-4-5-20-13-21(29-3)7-6-19(20)12-18;/h4-7,9,11-13,16-17,22H,8,10,14-15H2,1-3H3,(H,24,26);1H. The van der Waals surface area contributed by atoms with Gasteiger partial charge in [-0.15, -0.1) is 24.0 Å². The summed E-state index contributed by atoms with van der Waals surface area (Å²) in [4.78, 5) is 11.1. The molecule has 1 fully saturated rings. The van der Waals surface area contributed by atoms with E-state index >= 15 is 0 Å². The third-order valence-electron chi connectivity index (χ3n) is 5.90. The van der Waals surface area contributed by atoms with Gasteiger partial charge in [0.1, 0.15) is 5.75 Å². The van der Waals surface area contributed by atoms with Gasteiger partial charge < -0.3 is 19.5 Å². The van der Waals surface area contributed by atoms with E-state index in [0.29, 0.717) is 12.0 Å². The second-order valence-electron chi connectivity index (χ2n) is 7.74. The van der Waals surface area contributed by atoms with Gasteiger partial charge in [0, 0.05) is 39.1 Å². The average molecular weight is 519 g/mol. The van der Waals surface area contributed by atoms with Gasteiger partial charge in [-0.1, -0.05) is 25.1 Å². The van der Waals surface area contributed by atoms with Gasteiger partial charge in [-0.05, 0) is 46.9 Å². The van der Waals surface area contributed by atoms with Crippen molar-refractivity contribution in [1.82, 2.24) is 19.8 Å².